The number of carbonyl (C=O) groups excluding carboxylic acids is 1. The second-order valence-corrected chi connectivity index (χ2v) is 5.40. The summed E-state index contributed by atoms with van der Waals surface area (Å²) in [6, 6.07) is 4.23. The molecule has 76 valence electrons. The molecule has 1 aromatic rings. The molecule has 1 heterocycles. The van der Waals surface area contributed by atoms with Gasteiger partial charge >= 0.3 is 0 Å². The van der Waals surface area contributed by atoms with Crippen LogP contribution in [0.2, 0.25) is 0 Å². The summed E-state index contributed by atoms with van der Waals surface area (Å²) in [4.78, 5) is 13.2. The molecule has 0 N–H and O–H groups in total. The Labute approximate surface area is 89.1 Å². The number of thiophene rings is 1. The molecule has 2 rings (SSSR count). The highest BCUT2D eigenvalue weighted by molar-refractivity contribution is 7.10. The first-order chi connectivity index (χ1) is 6.61. The lowest BCUT2D eigenvalue weighted by atomic mass is 9.52. The summed E-state index contributed by atoms with van der Waals surface area (Å²) < 4.78 is 0. The van der Waals surface area contributed by atoms with Gasteiger partial charge in [-0.25, -0.2) is 0 Å². The normalized spacial score (nSPS) is 36.9. The van der Waals surface area contributed by atoms with Gasteiger partial charge in [-0.05, 0) is 17.9 Å². The average molecular weight is 208 g/mol. The third-order valence-electron chi connectivity index (χ3n) is 3.75. The molecule has 3 unspecified atom stereocenters. The molecule has 0 saturated heterocycles. The summed E-state index contributed by atoms with van der Waals surface area (Å²) in [7, 11) is 0. The Bertz CT molecular complexity index is 341. The molecule has 0 aromatic carbocycles. The van der Waals surface area contributed by atoms with E-state index < -0.39 is 0 Å². The highest BCUT2D eigenvalue weighted by atomic mass is 32.1. The molecule has 1 fully saturated rings. The lowest BCUT2D eigenvalue weighted by Crippen LogP contribution is -2.52. The van der Waals surface area contributed by atoms with Gasteiger partial charge in [-0.2, -0.15) is 0 Å². The van der Waals surface area contributed by atoms with E-state index in [1.165, 1.54) is 4.88 Å². The number of ketones is 1. The monoisotopic (exact) mass is 208 g/mol. The van der Waals surface area contributed by atoms with Crippen molar-refractivity contribution in [1.29, 1.82) is 0 Å². The molecular formula is C12H16OS. The van der Waals surface area contributed by atoms with Crippen molar-refractivity contribution in [3.63, 3.8) is 0 Å². The van der Waals surface area contributed by atoms with Crippen molar-refractivity contribution in [2.24, 2.45) is 11.3 Å². The predicted octanol–water partition coefficient (Wildman–Crippen LogP) is 3.47. The number of hydrogen-bond donors (Lipinski definition) is 0. The van der Waals surface area contributed by atoms with Crippen LogP contribution < -0.4 is 0 Å². The first-order valence-electron chi connectivity index (χ1n) is 5.19. The van der Waals surface area contributed by atoms with E-state index in [1.54, 1.807) is 11.3 Å². The fourth-order valence-corrected chi connectivity index (χ4v) is 3.79. The molecule has 0 bridgehead atoms. The molecule has 1 nitrogen and oxygen atoms in total. The van der Waals surface area contributed by atoms with Crippen LogP contribution in [0.1, 0.15) is 38.0 Å². The Hall–Kier alpha value is -0.630. The zero-order valence-corrected chi connectivity index (χ0v) is 9.73. The van der Waals surface area contributed by atoms with Crippen molar-refractivity contribution in [2.45, 2.75) is 33.1 Å². The summed E-state index contributed by atoms with van der Waals surface area (Å²) in [6.45, 7) is 6.29. The van der Waals surface area contributed by atoms with Crippen LogP contribution in [0.15, 0.2) is 17.5 Å². The third kappa shape index (κ3) is 1.10. The van der Waals surface area contributed by atoms with E-state index in [1.807, 2.05) is 0 Å². The zero-order valence-electron chi connectivity index (χ0n) is 8.91. The second-order valence-electron chi connectivity index (χ2n) is 4.42. The van der Waals surface area contributed by atoms with Gasteiger partial charge in [-0.15, -0.1) is 11.3 Å². The van der Waals surface area contributed by atoms with Crippen molar-refractivity contribution < 1.29 is 4.79 Å². The van der Waals surface area contributed by atoms with Gasteiger partial charge in [0.1, 0.15) is 5.78 Å². The predicted molar refractivity (Wildman–Crippen MR) is 59.6 cm³/mol. The Kier molecular flexibility index (Phi) is 2.26. The highest BCUT2D eigenvalue weighted by Gasteiger charge is 2.56. The van der Waals surface area contributed by atoms with Crippen LogP contribution in [0.25, 0.3) is 0 Å². The summed E-state index contributed by atoms with van der Waals surface area (Å²) in [6.07, 6.45) is 0.957. The first kappa shape index (κ1) is 9.91. The number of Topliss-reactive ketones (excluding diaryl/α,β-unsaturated/α-hetero) is 1. The van der Waals surface area contributed by atoms with Crippen LogP contribution in [-0.4, -0.2) is 5.78 Å². The molecule has 0 amide bonds. The summed E-state index contributed by atoms with van der Waals surface area (Å²) >= 11 is 1.78. The maximum Gasteiger partial charge on any atom is 0.142 e. The van der Waals surface area contributed by atoms with Crippen LogP contribution in [0, 0.1) is 11.3 Å². The molecule has 2 heteroatoms. The van der Waals surface area contributed by atoms with Gasteiger partial charge in [0.05, 0.1) is 0 Å². The molecule has 1 aliphatic rings. The molecule has 1 saturated carbocycles. The molecule has 14 heavy (non-hydrogen) atoms. The Morgan fingerprint density at radius 1 is 1.57 bits per heavy atom. The lowest BCUT2D eigenvalue weighted by Gasteiger charge is -2.49. The summed E-state index contributed by atoms with van der Waals surface area (Å²) in [5.41, 5.74) is -0.0930. The molecule has 0 aliphatic heterocycles. The van der Waals surface area contributed by atoms with Crippen molar-refractivity contribution in [3.8, 4) is 0 Å². The summed E-state index contributed by atoms with van der Waals surface area (Å²) in [5.74, 6) is 1.12. The standard InChI is InChI=1S/C12H16OS/c1-4-12(3)10(8(2)11(12)13)9-6-5-7-14-9/h5-8,10H,4H2,1-3H3. The van der Waals surface area contributed by atoms with Crippen LogP contribution >= 0.6 is 11.3 Å². The largest absolute Gasteiger partial charge is 0.299 e. The van der Waals surface area contributed by atoms with Crippen LogP contribution in [0.3, 0.4) is 0 Å². The quantitative estimate of drug-likeness (QED) is 0.727. The first-order valence-corrected chi connectivity index (χ1v) is 6.07. The van der Waals surface area contributed by atoms with Gasteiger partial charge in [0.15, 0.2) is 0 Å². The van der Waals surface area contributed by atoms with E-state index in [0.29, 0.717) is 11.7 Å². The fourth-order valence-electron chi connectivity index (χ4n) is 2.70. The van der Waals surface area contributed by atoms with Gasteiger partial charge in [0.2, 0.25) is 0 Å². The van der Waals surface area contributed by atoms with Gasteiger partial charge in [-0.3, -0.25) is 4.79 Å². The lowest BCUT2D eigenvalue weighted by molar-refractivity contribution is -0.147. The van der Waals surface area contributed by atoms with Crippen LogP contribution in [0.5, 0.6) is 0 Å². The fraction of sp³-hybridized carbons (Fsp3) is 0.583. The van der Waals surface area contributed by atoms with Crippen molar-refractivity contribution in [1.82, 2.24) is 0 Å². The smallest absolute Gasteiger partial charge is 0.142 e. The maximum absolute atomic E-state index is 11.8. The average Bonchev–Trinajstić information content (AvgIpc) is 2.70. The van der Waals surface area contributed by atoms with E-state index in [4.69, 9.17) is 0 Å². The summed E-state index contributed by atoms with van der Waals surface area (Å²) in [5, 5.41) is 2.10. The van der Waals surface area contributed by atoms with Crippen molar-refractivity contribution in [3.05, 3.63) is 22.4 Å². The van der Waals surface area contributed by atoms with Crippen molar-refractivity contribution in [2.75, 3.05) is 0 Å². The van der Waals surface area contributed by atoms with E-state index in [-0.39, 0.29) is 11.3 Å². The van der Waals surface area contributed by atoms with Gasteiger partial charge in [-0.1, -0.05) is 26.8 Å². The zero-order chi connectivity index (χ0) is 10.3. The number of carbonyl (C=O) groups is 1. The highest BCUT2D eigenvalue weighted by Crippen LogP contribution is 2.56. The molecular weight excluding hydrogens is 192 g/mol. The van der Waals surface area contributed by atoms with Crippen molar-refractivity contribution >= 4 is 17.1 Å². The Morgan fingerprint density at radius 3 is 2.79 bits per heavy atom. The van der Waals surface area contributed by atoms with E-state index in [2.05, 4.69) is 38.3 Å². The molecule has 0 spiro atoms. The topological polar surface area (TPSA) is 17.1 Å². The minimum atomic E-state index is -0.0930. The molecule has 1 aliphatic carbocycles. The Balaban J connectivity index is 2.32. The molecule has 3 atom stereocenters. The van der Waals surface area contributed by atoms with E-state index in [9.17, 15) is 4.79 Å². The van der Waals surface area contributed by atoms with Gasteiger partial charge in [0, 0.05) is 22.1 Å². The van der Waals surface area contributed by atoms with Gasteiger partial charge in [0.25, 0.3) is 0 Å². The molecule has 0 radical (unpaired) electrons. The third-order valence-corrected chi connectivity index (χ3v) is 4.70. The van der Waals surface area contributed by atoms with Gasteiger partial charge < -0.3 is 0 Å². The second kappa shape index (κ2) is 3.20. The van der Waals surface area contributed by atoms with E-state index in [0.717, 1.165) is 6.42 Å². The Morgan fingerprint density at radius 2 is 2.29 bits per heavy atom. The van der Waals surface area contributed by atoms with Crippen LogP contribution in [0.4, 0.5) is 0 Å². The van der Waals surface area contributed by atoms with E-state index >= 15 is 0 Å². The minimum absolute atomic E-state index is 0.0930. The molecule has 1 aromatic heterocycles. The minimum Gasteiger partial charge on any atom is -0.299 e. The number of hydrogen-bond acceptors (Lipinski definition) is 2. The number of rotatable bonds is 2. The SMILES string of the molecule is CCC1(C)C(=O)C(C)C1c1cccs1. The maximum atomic E-state index is 11.8. The van der Waals surface area contributed by atoms with Crippen LogP contribution in [-0.2, 0) is 4.79 Å².